The molecule has 8 nitrogen and oxygen atoms in total. The number of ether oxygens (including phenoxy) is 1. The number of unbranched alkanes of at least 4 members (excludes halogenated alkanes) is 5. The summed E-state index contributed by atoms with van der Waals surface area (Å²) in [5.41, 5.74) is 0. The number of benzene rings is 1. The summed E-state index contributed by atoms with van der Waals surface area (Å²) in [7, 11) is -8.36. The summed E-state index contributed by atoms with van der Waals surface area (Å²) in [6, 6.07) is 5.33. The Morgan fingerprint density at radius 3 is 2.04 bits per heavy atom. The summed E-state index contributed by atoms with van der Waals surface area (Å²) >= 11 is 0. The number of hydrogen-bond donors (Lipinski definition) is 2. The Labute approximate surface area is 147 Å². The lowest BCUT2D eigenvalue weighted by Crippen LogP contribution is -2.10. The van der Waals surface area contributed by atoms with Crippen molar-refractivity contribution in [3.8, 4) is 5.75 Å². The van der Waals surface area contributed by atoms with Crippen LogP contribution in [0.4, 0.5) is 0 Å². The molecule has 2 N–H and O–H groups in total. The molecule has 0 heterocycles. The number of esters is 1. The average molecular weight is 394 g/mol. The highest BCUT2D eigenvalue weighted by atomic mass is 32.2. The molecule has 25 heavy (non-hydrogen) atoms. The van der Waals surface area contributed by atoms with Gasteiger partial charge in [0.2, 0.25) is 0 Å². The molecule has 1 rings (SSSR count). The van der Waals surface area contributed by atoms with Crippen molar-refractivity contribution in [2.24, 2.45) is 0 Å². The van der Waals surface area contributed by atoms with Gasteiger partial charge in [-0.15, -0.1) is 0 Å². The van der Waals surface area contributed by atoms with E-state index in [-0.39, 0.29) is 17.9 Å². The van der Waals surface area contributed by atoms with Gasteiger partial charge in [-0.25, -0.2) is 0 Å². The van der Waals surface area contributed by atoms with E-state index in [9.17, 15) is 21.6 Å². The van der Waals surface area contributed by atoms with Gasteiger partial charge in [0.25, 0.3) is 20.2 Å². The van der Waals surface area contributed by atoms with Crippen LogP contribution in [0.3, 0.4) is 0 Å². The molecule has 1 aromatic rings. The van der Waals surface area contributed by atoms with E-state index >= 15 is 0 Å². The van der Waals surface area contributed by atoms with Crippen LogP contribution < -0.4 is 4.74 Å². The van der Waals surface area contributed by atoms with Crippen LogP contribution in [-0.2, 0) is 25.0 Å². The molecule has 0 aliphatic carbocycles. The summed E-state index contributed by atoms with van der Waals surface area (Å²) < 4.78 is 66.1. The van der Waals surface area contributed by atoms with Crippen molar-refractivity contribution in [3.63, 3.8) is 0 Å². The Morgan fingerprint density at radius 2 is 1.44 bits per heavy atom. The minimum Gasteiger partial charge on any atom is -0.425 e. The van der Waals surface area contributed by atoms with Gasteiger partial charge in [0.15, 0.2) is 5.75 Å². The smallest absolute Gasteiger partial charge is 0.311 e. The van der Waals surface area contributed by atoms with E-state index in [4.69, 9.17) is 13.8 Å². The van der Waals surface area contributed by atoms with Gasteiger partial charge < -0.3 is 4.74 Å². The highest BCUT2D eigenvalue weighted by molar-refractivity contribution is 7.86. The third-order valence-electron chi connectivity index (χ3n) is 3.38. The van der Waals surface area contributed by atoms with Gasteiger partial charge in [-0.1, -0.05) is 37.8 Å². The van der Waals surface area contributed by atoms with Gasteiger partial charge in [0.1, 0.15) is 4.90 Å². The van der Waals surface area contributed by atoms with Gasteiger partial charge in [-0.05, 0) is 25.0 Å². The zero-order valence-corrected chi connectivity index (χ0v) is 15.3. The molecule has 142 valence electrons. The summed E-state index contributed by atoms with van der Waals surface area (Å²) in [5, 5.41) is 0. The Kier molecular flexibility index (Phi) is 8.50. The SMILES string of the molecule is O=C(CCCCCCCCS(=O)(=O)O)Oc1ccccc1S(=O)(=O)O. The third-order valence-corrected chi connectivity index (χ3v) is 5.08. The first kappa shape index (κ1) is 21.6. The lowest BCUT2D eigenvalue weighted by atomic mass is 10.1. The Bertz CT molecular complexity index is 768. The van der Waals surface area contributed by atoms with Gasteiger partial charge in [-0.3, -0.25) is 13.9 Å². The highest BCUT2D eigenvalue weighted by Crippen LogP contribution is 2.23. The van der Waals surface area contributed by atoms with Gasteiger partial charge in [0.05, 0.1) is 5.75 Å². The standard InChI is InChI=1S/C15H22O8S2/c16-15(11-5-3-1-2-4-8-12-24(17,18)19)23-13-9-6-7-10-14(13)25(20,21)22/h6-7,9-10H,1-5,8,11-12H2,(H,17,18,19)(H,20,21,22). The maximum Gasteiger partial charge on any atom is 0.311 e. The van der Waals surface area contributed by atoms with E-state index in [1.54, 1.807) is 0 Å². The third kappa shape index (κ3) is 9.54. The van der Waals surface area contributed by atoms with Crippen LogP contribution in [0.5, 0.6) is 5.75 Å². The molecule has 0 unspecified atom stereocenters. The quantitative estimate of drug-likeness (QED) is 0.253. The van der Waals surface area contributed by atoms with Crippen molar-refractivity contribution >= 4 is 26.2 Å². The zero-order chi connectivity index (χ0) is 18.9. The fourth-order valence-electron chi connectivity index (χ4n) is 2.18. The maximum atomic E-state index is 11.7. The molecule has 0 aliphatic rings. The van der Waals surface area contributed by atoms with Crippen LogP contribution in [0, 0.1) is 0 Å². The van der Waals surface area contributed by atoms with Crippen LogP contribution in [-0.4, -0.2) is 37.7 Å². The van der Waals surface area contributed by atoms with E-state index < -0.39 is 31.1 Å². The van der Waals surface area contributed by atoms with Gasteiger partial charge >= 0.3 is 5.97 Å². The molecule has 0 saturated heterocycles. The van der Waals surface area contributed by atoms with Crippen LogP contribution in [0.15, 0.2) is 29.2 Å². The molecular weight excluding hydrogens is 372 g/mol. The van der Waals surface area contributed by atoms with E-state index in [1.165, 1.54) is 18.2 Å². The molecule has 1 aromatic carbocycles. The summed E-state index contributed by atoms with van der Waals surface area (Å²) in [4.78, 5) is 11.3. The van der Waals surface area contributed by atoms with Crippen LogP contribution in [0.2, 0.25) is 0 Å². The van der Waals surface area contributed by atoms with E-state index in [0.717, 1.165) is 25.3 Å². The molecule has 0 aromatic heterocycles. The topological polar surface area (TPSA) is 135 Å². The van der Waals surface area contributed by atoms with Crippen LogP contribution in [0.1, 0.15) is 44.9 Å². The van der Waals surface area contributed by atoms with E-state index in [0.29, 0.717) is 19.3 Å². The lowest BCUT2D eigenvalue weighted by Gasteiger charge is -2.07. The highest BCUT2D eigenvalue weighted by Gasteiger charge is 2.18. The van der Waals surface area contributed by atoms with Gasteiger partial charge in [-0.2, -0.15) is 16.8 Å². The molecule has 0 atom stereocenters. The van der Waals surface area contributed by atoms with Crippen molar-refractivity contribution in [1.29, 1.82) is 0 Å². The number of carbonyl (C=O) groups excluding carboxylic acids is 1. The second-order valence-electron chi connectivity index (χ2n) is 5.55. The molecular formula is C15H22O8S2. The van der Waals surface area contributed by atoms with Crippen molar-refractivity contribution in [3.05, 3.63) is 24.3 Å². The number of hydrogen-bond acceptors (Lipinski definition) is 6. The van der Waals surface area contributed by atoms with Crippen LogP contribution in [0.25, 0.3) is 0 Å². The second-order valence-corrected chi connectivity index (χ2v) is 8.52. The first-order chi connectivity index (χ1) is 11.6. The molecule has 10 heteroatoms. The van der Waals surface area contributed by atoms with Crippen molar-refractivity contribution in [2.45, 2.75) is 49.8 Å². The Balaban J connectivity index is 2.26. The molecule has 0 aliphatic heterocycles. The van der Waals surface area contributed by atoms with Crippen molar-refractivity contribution in [1.82, 2.24) is 0 Å². The molecule has 0 fully saturated rings. The first-order valence-corrected chi connectivity index (χ1v) is 10.9. The first-order valence-electron chi connectivity index (χ1n) is 7.82. The molecule has 0 spiro atoms. The molecule has 0 saturated carbocycles. The fraction of sp³-hybridized carbons (Fsp3) is 0.533. The number of rotatable bonds is 11. The minimum atomic E-state index is -4.47. The summed E-state index contributed by atoms with van der Waals surface area (Å²) in [6.45, 7) is 0. The van der Waals surface area contributed by atoms with E-state index in [2.05, 4.69) is 0 Å². The zero-order valence-electron chi connectivity index (χ0n) is 13.6. The largest absolute Gasteiger partial charge is 0.425 e. The van der Waals surface area contributed by atoms with Crippen molar-refractivity contribution < 1.29 is 35.5 Å². The molecule has 0 radical (unpaired) electrons. The van der Waals surface area contributed by atoms with Crippen molar-refractivity contribution in [2.75, 3.05) is 5.75 Å². The molecule has 0 bridgehead atoms. The lowest BCUT2D eigenvalue weighted by molar-refractivity contribution is -0.134. The number of carbonyl (C=O) groups is 1. The Hall–Kier alpha value is -1.49. The van der Waals surface area contributed by atoms with Crippen LogP contribution >= 0.6 is 0 Å². The predicted octanol–water partition coefficient (Wildman–Crippen LogP) is 2.46. The summed E-state index contributed by atoms with van der Waals surface area (Å²) in [6.07, 6.45) is 4.05. The maximum absolute atomic E-state index is 11.7. The fourth-order valence-corrected chi connectivity index (χ4v) is 3.37. The summed E-state index contributed by atoms with van der Waals surface area (Å²) in [5.74, 6) is -1.05. The predicted molar refractivity (Wildman–Crippen MR) is 90.6 cm³/mol. The normalized spacial score (nSPS) is 12.1. The number of para-hydroxylation sites is 1. The average Bonchev–Trinajstić information content (AvgIpc) is 2.48. The second kappa shape index (κ2) is 9.85. The minimum absolute atomic E-state index is 0.102. The van der Waals surface area contributed by atoms with E-state index in [1.807, 2.05) is 0 Å². The monoisotopic (exact) mass is 394 g/mol. The molecule has 0 amide bonds. The van der Waals surface area contributed by atoms with Gasteiger partial charge in [0, 0.05) is 6.42 Å². The Morgan fingerprint density at radius 1 is 0.880 bits per heavy atom.